The molecule has 8 heteroatoms. The average molecular weight is 387 g/mol. The van der Waals surface area contributed by atoms with Crippen LogP contribution in [0.5, 0.6) is 11.5 Å². The minimum Gasteiger partial charge on any atom is -0.454 e. The maximum Gasteiger partial charge on any atom is 0.238 e. The zero-order valence-electron chi connectivity index (χ0n) is 15.7. The number of benzene rings is 2. The van der Waals surface area contributed by atoms with Crippen molar-refractivity contribution in [2.24, 2.45) is 0 Å². The molecule has 0 spiro atoms. The Bertz CT molecular complexity index is 857. The molecule has 148 valence electrons. The number of hydrogen-bond acceptors (Lipinski definition) is 5. The standard InChI is InChI=1S/C20H22FN3O4/c1-13(14-3-8-17-18(9-14)28-12-27-17)22-19(25)10-24(2)11-20(26)23-16-6-4-15(21)5-7-16/h3-9,13H,10-12H2,1-2H3,(H,22,25)(H,23,26)/t13-/m0/s1. The Balaban J connectivity index is 1.45. The third kappa shape index (κ3) is 5.20. The van der Waals surface area contributed by atoms with Crippen LogP contribution < -0.4 is 20.1 Å². The van der Waals surface area contributed by atoms with Gasteiger partial charge in [0.2, 0.25) is 18.6 Å². The van der Waals surface area contributed by atoms with E-state index in [1.807, 2.05) is 25.1 Å². The average Bonchev–Trinajstić information content (AvgIpc) is 3.10. The van der Waals surface area contributed by atoms with Gasteiger partial charge in [0.25, 0.3) is 0 Å². The number of likely N-dealkylation sites (N-methyl/N-ethyl adjacent to an activating group) is 1. The molecular weight excluding hydrogens is 365 g/mol. The van der Waals surface area contributed by atoms with E-state index in [1.165, 1.54) is 24.3 Å². The van der Waals surface area contributed by atoms with Gasteiger partial charge >= 0.3 is 0 Å². The van der Waals surface area contributed by atoms with Crippen molar-refractivity contribution in [2.45, 2.75) is 13.0 Å². The highest BCUT2D eigenvalue weighted by Crippen LogP contribution is 2.34. The van der Waals surface area contributed by atoms with Crippen molar-refractivity contribution in [3.8, 4) is 11.5 Å². The molecule has 28 heavy (non-hydrogen) atoms. The van der Waals surface area contributed by atoms with Gasteiger partial charge in [0, 0.05) is 5.69 Å². The van der Waals surface area contributed by atoms with E-state index in [4.69, 9.17) is 9.47 Å². The Morgan fingerprint density at radius 2 is 1.75 bits per heavy atom. The Labute approximate surface area is 162 Å². The van der Waals surface area contributed by atoms with E-state index in [2.05, 4.69) is 10.6 Å². The van der Waals surface area contributed by atoms with Crippen molar-refractivity contribution in [1.29, 1.82) is 0 Å². The first kappa shape index (κ1) is 19.6. The summed E-state index contributed by atoms with van der Waals surface area (Å²) >= 11 is 0. The molecule has 0 fully saturated rings. The molecule has 2 amide bonds. The lowest BCUT2D eigenvalue weighted by atomic mass is 10.1. The van der Waals surface area contributed by atoms with Crippen LogP contribution in [0.4, 0.5) is 10.1 Å². The first-order chi connectivity index (χ1) is 13.4. The lowest BCUT2D eigenvalue weighted by Gasteiger charge is -2.19. The van der Waals surface area contributed by atoms with Gasteiger partial charge in [-0.3, -0.25) is 14.5 Å². The van der Waals surface area contributed by atoms with E-state index in [1.54, 1.807) is 11.9 Å². The number of carbonyl (C=O) groups is 2. The largest absolute Gasteiger partial charge is 0.454 e. The molecule has 0 radical (unpaired) electrons. The monoisotopic (exact) mass is 387 g/mol. The molecule has 1 aliphatic heterocycles. The van der Waals surface area contributed by atoms with E-state index < -0.39 is 0 Å². The predicted octanol–water partition coefficient (Wildman–Crippen LogP) is 2.30. The molecule has 3 rings (SSSR count). The molecule has 2 aromatic rings. The normalized spacial score (nSPS) is 13.3. The number of carbonyl (C=O) groups excluding carboxylic acids is 2. The van der Waals surface area contributed by atoms with E-state index in [9.17, 15) is 14.0 Å². The summed E-state index contributed by atoms with van der Waals surface area (Å²) in [6, 6.07) is 10.8. The van der Waals surface area contributed by atoms with Gasteiger partial charge in [0.15, 0.2) is 11.5 Å². The van der Waals surface area contributed by atoms with E-state index in [0.29, 0.717) is 17.2 Å². The molecular formula is C20H22FN3O4. The third-order valence-corrected chi connectivity index (χ3v) is 4.23. The first-order valence-electron chi connectivity index (χ1n) is 8.83. The van der Waals surface area contributed by atoms with Gasteiger partial charge in [-0.2, -0.15) is 0 Å². The number of hydrogen-bond donors (Lipinski definition) is 2. The fourth-order valence-electron chi connectivity index (χ4n) is 2.83. The molecule has 7 nitrogen and oxygen atoms in total. The maximum atomic E-state index is 12.9. The molecule has 2 N–H and O–H groups in total. The molecule has 1 heterocycles. The molecule has 0 aliphatic carbocycles. The zero-order chi connectivity index (χ0) is 20.1. The van der Waals surface area contributed by atoms with Crippen LogP contribution in [0.2, 0.25) is 0 Å². The van der Waals surface area contributed by atoms with Crippen molar-refractivity contribution in [3.63, 3.8) is 0 Å². The summed E-state index contributed by atoms with van der Waals surface area (Å²) in [7, 11) is 1.68. The highest BCUT2D eigenvalue weighted by atomic mass is 19.1. The van der Waals surface area contributed by atoms with Crippen LogP contribution in [0.1, 0.15) is 18.5 Å². The van der Waals surface area contributed by atoms with Crippen LogP contribution in [-0.4, -0.2) is 43.6 Å². The Hall–Kier alpha value is -3.13. The van der Waals surface area contributed by atoms with Crippen LogP contribution in [0.25, 0.3) is 0 Å². The fraction of sp³-hybridized carbons (Fsp3) is 0.300. The first-order valence-corrected chi connectivity index (χ1v) is 8.83. The predicted molar refractivity (Wildman–Crippen MR) is 102 cm³/mol. The topological polar surface area (TPSA) is 79.9 Å². The van der Waals surface area contributed by atoms with Gasteiger partial charge in [-0.1, -0.05) is 6.07 Å². The molecule has 0 bridgehead atoms. The number of anilines is 1. The minimum absolute atomic E-state index is 0.0310. The highest BCUT2D eigenvalue weighted by molar-refractivity contribution is 5.92. The van der Waals surface area contributed by atoms with Crippen molar-refractivity contribution in [3.05, 3.63) is 53.8 Å². The second-order valence-electron chi connectivity index (χ2n) is 6.63. The number of rotatable bonds is 7. The lowest BCUT2D eigenvalue weighted by molar-refractivity contribution is -0.123. The maximum absolute atomic E-state index is 12.9. The second-order valence-corrected chi connectivity index (χ2v) is 6.63. The number of nitrogens with zero attached hydrogens (tertiary/aromatic N) is 1. The minimum atomic E-state index is -0.372. The van der Waals surface area contributed by atoms with Crippen molar-refractivity contribution in [1.82, 2.24) is 10.2 Å². The Kier molecular flexibility index (Phi) is 6.10. The number of fused-ring (bicyclic) bond motifs is 1. The SMILES string of the molecule is C[C@H](NC(=O)CN(C)CC(=O)Nc1ccc(F)cc1)c1ccc2c(c1)OCO2. The van der Waals surface area contributed by atoms with Crippen molar-refractivity contribution in [2.75, 3.05) is 32.2 Å². The smallest absolute Gasteiger partial charge is 0.238 e. The van der Waals surface area contributed by atoms with Gasteiger partial charge in [0.1, 0.15) is 5.82 Å². The molecule has 1 atom stereocenters. The molecule has 0 saturated carbocycles. The van der Waals surface area contributed by atoms with Crippen LogP contribution in [0, 0.1) is 5.82 Å². The third-order valence-electron chi connectivity index (χ3n) is 4.23. The Morgan fingerprint density at radius 3 is 2.50 bits per heavy atom. The number of halogens is 1. The molecule has 0 saturated heterocycles. The zero-order valence-corrected chi connectivity index (χ0v) is 15.7. The van der Waals surface area contributed by atoms with Crippen LogP contribution in [0.15, 0.2) is 42.5 Å². The number of ether oxygens (including phenoxy) is 2. The van der Waals surface area contributed by atoms with E-state index in [-0.39, 0.29) is 43.6 Å². The highest BCUT2D eigenvalue weighted by Gasteiger charge is 2.18. The molecule has 2 aromatic carbocycles. The molecule has 0 aromatic heterocycles. The Morgan fingerprint density at radius 1 is 1.07 bits per heavy atom. The van der Waals surface area contributed by atoms with Crippen molar-refractivity contribution >= 4 is 17.5 Å². The van der Waals surface area contributed by atoms with Gasteiger partial charge in [0.05, 0.1) is 19.1 Å². The molecule has 1 aliphatic rings. The number of nitrogens with one attached hydrogen (secondary N) is 2. The summed E-state index contributed by atoms with van der Waals surface area (Å²) in [6.45, 7) is 2.16. The molecule has 0 unspecified atom stereocenters. The van der Waals surface area contributed by atoms with Gasteiger partial charge < -0.3 is 20.1 Å². The van der Waals surface area contributed by atoms with Gasteiger partial charge in [-0.05, 0) is 55.9 Å². The fourth-order valence-corrected chi connectivity index (χ4v) is 2.83. The van der Waals surface area contributed by atoms with Crippen LogP contribution in [0.3, 0.4) is 0 Å². The summed E-state index contributed by atoms with van der Waals surface area (Å²) in [5.74, 6) is 0.485. The quantitative estimate of drug-likeness (QED) is 0.762. The van der Waals surface area contributed by atoms with Crippen LogP contribution in [-0.2, 0) is 9.59 Å². The summed E-state index contributed by atoms with van der Waals surface area (Å²) in [5.41, 5.74) is 1.40. The van der Waals surface area contributed by atoms with Gasteiger partial charge in [-0.15, -0.1) is 0 Å². The summed E-state index contributed by atoms with van der Waals surface area (Å²) < 4.78 is 23.5. The van der Waals surface area contributed by atoms with E-state index >= 15 is 0 Å². The number of amides is 2. The lowest BCUT2D eigenvalue weighted by Crippen LogP contribution is -2.39. The van der Waals surface area contributed by atoms with Gasteiger partial charge in [-0.25, -0.2) is 4.39 Å². The summed E-state index contributed by atoms with van der Waals surface area (Å²) in [4.78, 5) is 25.9. The second kappa shape index (κ2) is 8.71. The summed E-state index contributed by atoms with van der Waals surface area (Å²) in [5, 5.41) is 5.56. The summed E-state index contributed by atoms with van der Waals surface area (Å²) in [6.07, 6.45) is 0. The van der Waals surface area contributed by atoms with E-state index in [0.717, 1.165) is 5.56 Å². The van der Waals surface area contributed by atoms with Crippen molar-refractivity contribution < 1.29 is 23.5 Å². The van der Waals surface area contributed by atoms with Crippen LogP contribution >= 0.6 is 0 Å².